The number of rotatable bonds is 6. The molecule has 0 aliphatic heterocycles. The standard InChI is InChI=1S/C11H24O3/c1-9(2)14-7-6-13-8-10(12)11(3,4)5/h9-10,12H,6-8H2,1-5H3. The Labute approximate surface area is 87.4 Å². The Morgan fingerprint density at radius 2 is 1.71 bits per heavy atom. The van der Waals surface area contributed by atoms with Crippen molar-refractivity contribution in [2.45, 2.75) is 46.8 Å². The molecule has 3 nitrogen and oxygen atoms in total. The molecule has 0 spiro atoms. The number of aliphatic hydroxyl groups is 1. The fourth-order valence-corrected chi connectivity index (χ4v) is 0.788. The quantitative estimate of drug-likeness (QED) is 0.671. The maximum absolute atomic E-state index is 9.63. The van der Waals surface area contributed by atoms with E-state index in [0.29, 0.717) is 19.8 Å². The second kappa shape index (κ2) is 6.38. The Balaban J connectivity index is 3.37. The van der Waals surface area contributed by atoms with Gasteiger partial charge in [-0.25, -0.2) is 0 Å². The van der Waals surface area contributed by atoms with Crippen molar-refractivity contribution in [3.05, 3.63) is 0 Å². The van der Waals surface area contributed by atoms with Crippen molar-refractivity contribution >= 4 is 0 Å². The number of ether oxygens (including phenoxy) is 2. The average molecular weight is 204 g/mol. The van der Waals surface area contributed by atoms with Gasteiger partial charge in [-0.3, -0.25) is 0 Å². The molecule has 1 atom stereocenters. The number of hydrogen-bond donors (Lipinski definition) is 1. The van der Waals surface area contributed by atoms with Crippen molar-refractivity contribution in [2.24, 2.45) is 5.41 Å². The van der Waals surface area contributed by atoms with Crippen LogP contribution in [0.3, 0.4) is 0 Å². The second-order valence-electron chi connectivity index (χ2n) is 4.88. The molecule has 0 amide bonds. The zero-order valence-corrected chi connectivity index (χ0v) is 10.0. The number of hydrogen-bond acceptors (Lipinski definition) is 3. The summed E-state index contributed by atoms with van der Waals surface area (Å²) in [5.74, 6) is 0. The van der Waals surface area contributed by atoms with Crippen LogP contribution in [0.4, 0.5) is 0 Å². The van der Waals surface area contributed by atoms with Gasteiger partial charge in [0.25, 0.3) is 0 Å². The van der Waals surface area contributed by atoms with Crippen LogP contribution in [0.5, 0.6) is 0 Å². The van der Waals surface area contributed by atoms with E-state index in [2.05, 4.69) is 0 Å². The topological polar surface area (TPSA) is 38.7 Å². The Morgan fingerprint density at radius 3 is 2.14 bits per heavy atom. The highest BCUT2D eigenvalue weighted by molar-refractivity contribution is 4.71. The van der Waals surface area contributed by atoms with Crippen LogP contribution in [-0.4, -0.2) is 37.1 Å². The Kier molecular flexibility index (Phi) is 6.33. The molecule has 0 aliphatic rings. The molecule has 14 heavy (non-hydrogen) atoms. The highest BCUT2D eigenvalue weighted by atomic mass is 16.5. The summed E-state index contributed by atoms with van der Waals surface area (Å²) in [5.41, 5.74) is -0.112. The fraction of sp³-hybridized carbons (Fsp3) is 1.00. The minimum Gasteiger partial charge on any atom is -0.390 e. The minimum absolute atomic E-state index is 0.112. The Bertz CT molecular complexity index is 138. The van der Waals surface area contributed by atoms with Gasteiger partial charge in [0.05, 0.1) is 32.0 Å². The normalized spacial score (nSPS) is 14.8. The molecule has 0 bridgehead atoms. The van der Waals surface area contributed by atoms with Gasteiger partial charge in [0.15, 0.2) is 0 Å². The molecule has 0 saturated carbocycles. The van der Waals surface area contributed by atoms with Gasteiger partial charge < -0.3 is 14.6 Å². The van der Waals surface area contributed by atoms with E-state index in [0.717, 1.165) is 0 Å². The van der Waals surface area contributed by atoms with Gasteiger partial charge in [-0.1, -0.05) is 20.8 Å². The van der Waals surface area contributed by atoms with Crippen molar-refractivity contribution in [3.63, 3.8) is 0 Å². The molecule has 0 aromatic carbocycles. The van der Waals surface area contributed by atoms with Gasteiger partial charge in [0.2, 0.25) is 0 Å². The van der Waals surface area contributed by atoms with E-state index in [1.54, 1.807) is 0 Å². The minimum atomic E-state index is -0.415. The van der Waals surface area contributed by atoms with Crippen molar-refractivity contribution in [3.8, 4) is 0 Å². The Hall–Kier alpha value is -0.120. The summed E-state index contributed by atoms with van der Waals surface area (Å²) in [6.45, 7) is 11.5. The van der Waals surface area contributed by atoms with Gasteiger partial charge in [-0.05, 0) is 19.3 Å². The lowest BCUT2D eigenvalue weighted by Gasteiger charge is -2.25. The maximum atomic E-state index is 9.63. The van der Waals surface area contributed by atoms with Gasteiger partial charge in [-0.15, -0.1) is 0 Å². The monoisotopic (exact) mass is 204 g/mol. The van der Waals surface area contributed by atoms with Crippen LogP contribution in [0, 0.1) is 5.41 Å². The smallest absolute Gasteiger partial charge is 0.0821 e. The lowest BCUT2D eigenvalue weighted by Crippen LogP contribution is -2.31. The molecule has 0 saturated heterocycles. The van der Waals surface area contributed by atoms with Crippen LogP contribution < -0.4 is 0 Å². The van der Waals surface area contributed by atoms with Crippen LogP contribution in [-0.2, 0) is 9.47 Å². The third-order valence-corrected chi connectivity index (χ3v) is 1.95. The van der Waals surface area contributed by atoms with Gasteiger partial charge in [0, 0.05) is 0 Å². The lowest BCUT2D eigenvalue weighted by atomic mass is 9.90. The molecule has 0 aromatic heterocycles. The zero-order chi connectivity index (χ0) is 11.2. The van der Waals surface area contributed by atoms with E-state index >= 15 is 0 Å². The molecular formula is C11H24O3. The van der Waals surface area contributed by atoms with Crippen molar-refractivity contribution in [1.29, 1.82) is 0 Å². The molecule has 86 valence electrons. The molecular weight excluding hydrogens is 180 g/mol. The molecule has 3 heteroatoms. The lowest BCUT2D eigenvalue weighted by molar-refractivity contribution is -0.0421. The van der Waals surface area contributed by atoms with Gasteiger partial charge >= 0.3 is 0 Å². The molecule has 1 unspecified atom stereocenters. The van der Waals surface area contributed by atoms with E-state index in [-0.39, 0.29) is 11.5 Å². The van der Waals surface area contributed by atoms with Crippen molar-refractivity contribution in [2.75, 3.05) is 19.8 Å². The van der Waals surface area contributed by atoms with E-state index < -0.39 is 6.10 Å². The average Bonchev–Trinajstić information content (AvgIpc) is 2.01. The van der Waals surface area contributed by atoms with Crippen LogP contribution >= 0.6 is 0 Å². The molecule has 1 N–H and O–H groups in total. The molecule has 0 aromatic rings. The molecule has 0 heterocycles. The summed E-state index contributed by atoms with van der Waals surface area (Å²) in [6.07, 6.45) is -0.173. The SMILES string of the molecule is CC(C)OCCOCC(O)C(C)(C)C. The zero-order valence-electron chi connectivity index (χ0n) is 10.0. The third kappa shape index (κ3) is 7.30. The largest absolute Gasteiger partial charge is 0.390 e. The summed E-state index contributed by atoms with van der Waals surface area (Å²) < 4.78 is 10.6. The first-order chi connectivity index (χ1) is 6.34. The summed E-state index contributed by atoms with van der Waals surface area (Å²) in [6, 6.07) is 0. The van der Waals surface area contributed by atoms with E-state index in [1.165, 1.54) is 0 Å². The predicted molar refractivity (Wildman–Crippen MR) is 57.4 cm³/mol. The Morgan fingerprint density at radius 1 is 1.14 bits per heavy atom. The fourth-order valence-electron chi connectivity index (χ4n) is 0.788. The first-order valence-corrected chi connectivity index (χ1v) is 5.21. The second-order valence-corrected chi connectivity index (χ2v) is 4.88. The summed E-state index contributed by atoms with van der Waals surface area (Å²) in [5, 5.41) is 9.63. The van der Waals surface area contributed by atoms with E-state index in [4.69, 9.17) is 9.47 Å². The first-order valence-electron chi connectivity index (χ1n) is 5.21. The van der Waals surface area contributed by atoms with Crippen LogP contribution in [0.2, 0.25) is 0 Å². The molecule has 0 fully saturated rings. The maximum Gasteiger partial charge on any atom is 0.0821 e. The van der Waals surface area contributed by atoms with Gasteiger partial charge in [0.1, 0.15) is 0 Å². The van der Waals surface area contributed by atoms with Crippen LogP contribution in [0.1, 0.15) is 34.6 Å². The van der Waals surface area contributed by atoms with Crippen molar-refractivity contribution < 1.29 is 14.6 Å². The summed E-state index contributed by atoms with van der Waals surface area (Å²) in [7, 11) is 0. The highest BCUT2D eigenvalue weighted by Gasteiger charge is 2.21. The summed E-state index contributed by atoms with van der Waals surface area (Å²) >= 11 is 0. The van der Waals surface area contributed by atoms with Crippen LogP contribution in [0.25, 0.3) is 0 Å². The number of aliphatic hydroxyl groups excluding tert-OH is 1. The third-order valence-electron chi connectivity index (χ3n) is 1.95. The van der Waals surface area contributed by atoms with E-state index in [1.807, 2.05) is 34.6 Å². The van der Waals surface area contributed by atoms with Crippen LogP contribution in [0.15, 0.2) is 0 Å². The molecule has 0 aliphatic carbocycles. The molecule has 0 radical (unpaired) electrons. The van der Waals surface area contributed by atoms with Gasteiger partial charge in [-0.2, -0.15) is 0 Å². The first kappa shape index (κ1) is 13.9. The summed E-state index contributed by atoms with van der Waals surface area (Å²) in [4.78, 5) is 0. The van der Waals surface area contributed by atoms with Crippen molar-refractivity contribution in [1.82, 2.24) is 0 Å². The predicted octanol–water partition coefficient (Wildman–Crippen LogP) is 1.83. The molecule has 0 rings (SSSR count). The highest BCUT2D eigenvalue weighted by Crippen LogP contribution is 2.18. The van der Waals surface area contributed by atoms with E-state index in [9.17, 15) is 5.11 Å².